The molecular formula is C21H25N3O4S. The number of carbonyl (C=O) groups excluding carboxylic acids is 3. The smallest absolute Gasteiger partial charge is 0.312 e. The SMILES string of the molecule is CCc1cccc(CC)c1NC(=O)COC(=O)Cc1csc(N2CCCC2=O)n1. The van der Waals surface area contributed by atoms with Crippen molar-refractivity contribution < 1.29 is 19.1 Å². The number of para-hydroxylation sites is 1. The lowest BCUT2D eigenvalue weighted by Crippen LogP contribution is -2.24. The first-order valence-corrected chi connectivity index (χ1v) is 10.7. The maximum Gasteiger partial charge on any atom is 0.312 e. The first-order valence-electron chi connectivity index (χ1n) is 9.82. The average molecular weight is 416 g/mol. The number of thiazole rings is 1. The molecule has 0 radical (unpaired) electrons. The minimum Gasteiger partial charge on any atom is -0.455 e. The van der Waals surface area contributed by atoms with Crippen LogP contribution < -0.4 is 10.2 Å². The third-order valence-electron chi connectivity index (χ3n) is 4.80. The fourth-order valence-electron chi connectivity index (χ4n) is 3.28. The maximum absolute atomic E-state index is 12.3. The summed E-state index contributed by atoms with van der Waals surface area (Å²) in [5, 5.41) is 5.22. The van der Waals surface area contributed by atoms with E-state index in [1.165, 1.54) is 11.3 Å². The van der Waals surface area contributed by atoms with Crippen molar-refractivity contribution in [2.45, 2.75) is 46.0 Å². The Hall–Kier alpha value is -2.74. The first-order chi connectivity index (χ1) is 14.0. The molecule has 1 aliphatic rings. The van der Waals surface area contributed by atoms with Crippen LogP contribution in [0.4, 0.5) is 10.8 Å². The Morgan fingerprint density at radius 3 is 2.59 bits per heavy atom. The van der Waals surface area contributed by atoms with E-state index in [1.807, 2.05) is 32.0 Å². The number of amides is 2. The van der Waals surface area contributed by atoms with Gasteiger partial charge in [-0.3, -0.25) is 19.3 Å². The van der Waals surface area contributed by atoms with Crippen LogP contribution in [-0.4, -0.2) is 35.9 Å². The topological polar surface area (TPSA) is 88.6 Å². The molecule has 2 heterocycles. The van der Waals surface area contributed by atoms with E-state index < -0.39 is 5.97 Å². The lowest BCUT2D eigenvalue weighted by atomic mass is 10.0. The molecule has 2 aromatic rings. The monoisotopic (exact) mass is 415 g/mol. The Kier molecular flexibility index (Phi) is 6.98. The fraction of sp³-hybridized carbons (Fsp3) is 0.429. The zero-order valence-corrected chi connectivity index (χ0v) is 17.5. The highest BCUT2D eigenvalue weighted by Gasteiger charge is 2.24. The molecule has 3 rings (SSSR count). The van der Waals surface area contributed by atoms with Gasteiger partial charge in [0.2, 0.25) is 5.91 Å². The fourth-order valence-corrected chi connectivity index (χ4v) is 4.14. The van der Waals surface area contributed by atoms with Crippen molar-refractivity contribution in [3.05, 3.63) is 40.4 Å². The summed E-state index contributed by atoms with van der Waals surface area (Å²) in [5.41, 5.74) is 3.45. The summed E-state index contributed by atoms with van der Waals surface area (Å²) in [6, 6.07) is 5.93. The van der Waals surface area contributed by atoms with E-state index in [0.717, 1.165) is 36.1 Å². The van der Waals surface area contributed by atoms with Gasteiger partial charge in [-0.1, -0.05) is 32.0 Å². The normalized spacial score (nSPS) is 13.6. The third kappa shape index (κ3) is 5.20. The van der Waals surface area contributed by atoms with Gasteiger partial charge in [0.25, 0.3) is 5.91 Å². The van der Waals surface area contributed by atoms with Crippen molar-refractivity contribution in [3.63, 3.8) is 0 Å². The van der Waals surface area contributed by atoms with Crippen molar-refractivity contribution in [1.29, 1.82) is 0 Å². The summed E-state index contributed by atoms with van der Waals surface area (Å²) in [7, 11) is 0. The zero-order valence-electron chi connectivity index (χ0n) is 16.7. The van der Waals surface area contributed by atoms with Crippen LogP contribution in [0.1, 0.15) is 43.5 Å². The van der Waals surface area contributed by atoms with Gasteiger partial charge < -0.3 is 10.1 Å². The molecule has 1 N–H and O–H groups in total. The van der Waals surface area contributed by atoms with Crippen molar-refractivity contribution in [3.8, 4) is 0 Å². The van der Waals surface area contributed by atoms with E-state index in [-0.39, 0.29) is 24.8 Å². The molecule has 1 aliphatic heterocycles. The Morgan fingerprint density at radius 1 is 1.24 bits per heavy atom. The molecule has 0 spiro atoms. The van der Waals surface area contributed by atoms with Gasteiger partial charge in [-0.25, -0.2) is 4.98 Å². The molecule has 0 atom stereocenters. The van der Waals surface area contributed by atoms with Crippen LogP contribution in [0.3, 0.4) is 0 Å². The second-order valence-corrected chi connectivity index (χ2v) is 7.65. The van der Waals surface area contributed by atoms with Crippen LogP contribution in [0.25, 0.3) is 0 Å². The largest absolute Gasteiger partial charge is 0.455 e. The lowest BCUT2D eigenvalue weighted by molar-refractivity contribution is -0.146. The highest BCUT2D eigenvalue weighted by molar-refractivity contribution is 7.14. The molecule has 0 saturated carbocycles. The number of nitrogens with one attached hydrogen (secondary N) is 1. The Morgan fingerprint density at radius 2 is 1.97 bits per heavy atom. The molecule has 1 aromatic heterocycles. The van der Waals surface area contributed by atoms with E-state index in [9.17, 15) is 14.4 Å². The molecule has 1 fully saturated rings. The van der Waals surface area contributed by atoms with Gasteiger partial charge in [-0.2, -0.15) is 0 Å². The van der Waals surface area contributed by atoms with Gasteiger partial charge >= 0.3 is 5.97 Å². The summed E-state index contributed by atoms with van der Waals surface area (Å²) >= 11 is 1.33. The number of aromatic nitrogens is 1. The van der Waals surface area contributed by atoms with Crippen LogP contribution in [0.15, 0.2) is 23.6 Å². The molecular weight excluding hydrogens is 390 g/mol. The Bertz CT molecular complexity index is 887. The molecule has 29 heavy (non-hydrogen) atoms. The predicted molar refractivity (Wildman–Crippen MR) is 112 cm³/mol. The van der Waals surface area contributed by atoms with Crippen molar-refractivity contribution in [2.75, 3.05) is 23.4 Å². The van der Waals surface area contributed by atoms with E-state index in [1.54, 1.807) is 10.3 Å². The van der Waals surface area contributed by atoms with Gasteiger partial charge in [-0.15, -0.1) is 11.3 Å². The molecule has 7 nitrogen and oxygen atoms in total. The minimum atomic E-state index is -0.524. The van der Waals surface area contributed by atoms with Crippen LogP contribution in [0, 0.1) is 0 Å². The molecule has 154 valence electrons. The van der Waals surface area contributed by atoms with Gasteiger partial charge in [0, 0.05) is 24.0 Å². The zero-order chi connectivity index (χ0) is 20.8. The number of carbonyl (C=O) groups is 3. The highest BCUT2D eigenvalue weighted by Crippen LogP contribution is 2.25. The van der Waals surface area contributed by atoms with Gasteiger partial charge in [-0.05, 0) is 30.4 Å². The third-order valence-corrected chi connectivity index (χ3v) is 5.71. The van der Waals surface area contributed by atoms with Crippen LogP contribution in [0.5, 0.6) is 0 Å². The van der Waals surface area contributed by atoms with Crippen LogP contribution in [0.2, 0.25) is 0 Å². The van der Waals surface area contributed by atoms with E-state index in [0.29, 0.717) is 23.8 Å². The number of aryl methyl sites for hydroxylation is 2. The highest BCUT2D eigenvalue weighted by atomic mass is 32.1. The number of hydrogen-bond acceptors (Lipinski definition) is 6. The standard InChI is InChI=1S/C21H25N3O4S/c1-3-14-7-5-8-15(4-2)20(14)23-17(25)12-28-19(27)11-16-13-29-21(22-16)24-10-6-9-18(24)26/h5,7-8,13H,3-4,6,9-12H2,1-2H3,(H,23,25). The molecule has 0 bridgehead atoms. The number of esters is 1. The second kappa shape index (κ2) is 9.65. The van der Waals surface area contributed by atoms with E-state index in [4.69, 9.17) is 4.74 Å². The second-order valence-electron chi connectivity index (χ2n) is 6.81. The Labute approximate surface area is 174 Å². The Balaban J connectivity index is 1.52. The average Bonchev–Trinajstić information content (AvgIpc) is 3.35. The predicted octanol–water partition coefficient (Wildman–Crippen LogP) is 3.12. The quantitative estimate of drug-likeness (QED) is 0.669. The van der Waals surface area contributed by atoms with Gasteiger partial charge in [0.15, 0.2) is 11.7 Å². The number of nitrogens with zero attached hydrogens (tertiary/aromatic N) is 2. The molecule has 0 unspecified atom stereocenters. The summed E-state index contributed by atoms with van der Waals surface area (Å²) in [6.45, 7) is 4.38. The minimum absolute atomic E-state index is 0.0302. The van der Waals surface area contributed by atoms with Gasteiger partial charge in [0.1, 0.15) is 0 Å². The van der Waals surface area contributed by atoms with Crippen molar-refractivity contribution in [1.82, 2.24) is 4.98 Å². The van der Waals surface area contributed by atoms with Gasteiger partial charge in [0.05, 0.1) is 12.1 Å². The van der Waals surface area contributed by atoms with E-state index in [2.05, 4.69) is 10.3 Å². The number of rotatable bonds is 8. The van der Waals surface area contributed by atoms with E-state index >= 15 is 0 Å². The van der Waals surface area contributed by atoms with Crippen LogP contribution in [-0.2, 0) is 38.4 Å². The molecule has 0 aliphatic carbocycles. The molecule has 1 saturated heterocycles. The number of ether oxygens (including phenoxy) is 1. The summed E-state index contributed by atoms with van der Waals surface area (Å²) in [5.74, 6) is -0.830. The first kappa shape index (κ1) is 21.0. The summed E-state index contributed by atoms with van der Waals surface area (Å²) in [6.07, 6.45) is 2.93. The molecule has 8 heteroatoms. The van der Waals surface area contributed by atoms with Crippen molar-refractivity contribution in [2.24, 2.45) is 0 Å². The summed E-state index contributed by atoms with van der Waals surface area (Å²) < 4.78 is 5.12. The van der Waals surface area contributed by atoms with Crippen LogP contribution >= 0.6 is 11.3 Å². The molecule has 1 aromatic carbocycles. The maximum atomic E-state index is 12.3. The molecule has 2 amide bonds. The lowest BCUT2D eigenvalue weighted by Gasteiger charge is -2.14. The number of benzene rings is 1. The van der Waals surface area contributed by atoms with Crippen molar-refractivity contribution >= 4 is 39.9 Å². The number of anilines is 2. The number of hydrogen-bond donors (Lipinski definition) is 1. The summed E-state index contributed by atoms with van der Waals surface area (Å²) in [4.78, 5) is 42.1.